The molecule has 2 N–H and O–H groups in total. The third-order valence-corrected chi connectivity index (χ3v) is 2.88. The lowest BCUT2D eigenvalue weighted by atomic mass is 9.99. The summed E-state index contributed by atoms with van der Waals surface area (Å²) in [7, 11) is 1.87. The molecular weight excluding hydrogens is 204 g/mol. The van der Waals surface area contributed by atoms with Gasteiger partial charge in [-0.05, 0) is 25.5 Å². The van der Waals surface area contributed by atoms with Gasteiger partial charge in [0.25, 0.3) is 0 Å². The molecule has 0 saturated carbocycles. The summed E-state index contributed by atoms with van der Waals surface area (Å²) in [5.74, 6) is 0.260. The van der Waals surface area contributed by atoms with E-state index in [-0.39, 0.29) is 11.8 Å². The lowest BCUT2D eigenvalue weighted by Gasteiger charge is -2.21. The van der Waals surface area contributed by atoms with Crippen LogP contribution in [0.2, 0.25) is 0 Å². The molecule has 1 aliphatic heterocycles. The van der Waals surface area contributed by atoms with Crippen molar-refractivity contribution in [2.45, 2.75) is 19.4 Å². The van der Waals surface area contributed by atoms with E-state index in [4.69, 9.17) is 0 Å². The molecule has 1 aromatic heterocycles. The Morgan fingerprint density at radius 2 is 2.62 bits per heavy atom. The summed E-state index contributed by atoms with van der Waals surface area (Å²) in [6.45, 7) is 2.36. The van der Waals surface area contributed by atoms with Crippen LogP contribution in [0.3, 0.4) is 0 Å². The van der Waals surface area contributed by atoms with Crippen LogP contribution < -0.4 is 10.6 Å². The van der Waals surface area contributed by atoms with E-state index in [0.29, 0.717) is 6.54 Å². The molecule has 1 aromatic rings. The Morgan fingerprint density at radius 3 is 3.25 bits per heavy atom. The number of carbonyl (C=O) groups is 1. The van der Waals surface area contributed by atoms with Crippen LogP contribution in [0.1, 0.15) is 18.5 Å². The Hall–Kier alpha value is -1.36. The summed E-state index contributed by atoms with van der Waals surface area (Å²) in [5.41, 5.74) is 0.902. The molecule has 2 rings (SSSR count). The highest BCUT2D eigenvalue weighted by Crippen LogP contribution is 2.09. The Labute approximate surface area is 95.2 Å². The zero-order valence-corrected chi connectivity index (χ0v) is 9.57. The van der Waals surface area contributed by atoms with Crippen molar-refractivity contribution >= 4 is 5.91 Å². The molecule has 0 aliphatic carbocycles. The molecular formula is C11H18N4O. The van der Waals surface area contributed by atoms with E-state index in [0.717, 1.165) is 31.6 Å². The number of hydrogen-bond acceptors (Lipinski definition) is 3. The molecule has 1 aliphatic rings. The number of nitrogens with one attached hydrogen (secondary N) is 2. The highest BCUT2D eigenvalue weighted by atomic mass is 16.1. The maximum Gasteiger partial charge on any atom is 0.224 e. The predicted octanol–water partition coefficient (Wildman–Crippen LogP) is 0.0359. The highest BCUT2D eigenvalue weighted by Gasteiger charge is 2.20. The number of carbonyl (C=O) groups excluding carboxylic acids is 1. The van der Waals surface area contributed by atoms with Crippen molar-refractivity contribution in [1.82, 2.24) is 20.4 Å². The van der Waals surface area contributed by atoms with Gasteiger partial charge >= 0.3 is 0 Å². The number of amides is 1. The molecule has 2 heterocycles. The fourth-order valence-corrected chi connectivity index (χ4v) is 1.96. The molecule has 16 heavy (non-hydrogen) atoms. The molecule has 1 amide bonds. The quantitative estimate of drug-likeness (QED) is 0.759. The van der Waals surface area contributed by atoms with Crippen molar-refractivity contribution < 1.29 is 4.79 Å². The second kappa shape index (κ2) is 5.12. The second-order valence-electron chi connectivity index (χ2n) is 4.24. The van der Waals surface area contributed by atoms with Gasteiger partial charge in [0.2, 0.25) is 5.91 Å². The third kappa shape index (κ3) is 2.82. The van der Waals surface area contributed by atoms with Gasteiger partial charge in [0.15, 0.2) is 0 Å². The van der Waals surface area contributed by atoms with Gasteiger partial charge in [0.1, 0.15) is 0 Å². The lowest BCUT2D eigenvalue weighted by Crippen LogP contribution is -2.40. The van der Waals surface area contributed by atoms with Crippen LogP contribution in [0.25, 0.3) is 0 Å². The monoisotopic (exact) mass is 222 g/mol. The van der Waals surface area contributed by atoms with E-state index >= 15 is 0 Å². The van der Waals surface area contributed by atoms with E-state index < -0.39 is 0 Å². The zero-order valence-electron chi connectivity index (χ0n) is 9.57. The Kier molecular flexibility index (Phi) is 3.56. The third-order valence-electron chi connectivity index (χ3n) is 2.88. The van der Waals surface area contributed by atoms with Crippen LogP contribution in [0.15, 0.2) is 12.3 Å². The molecule has 1 saturated heterocycles. The predicted molar refractivity (Wildman–Crippen MR) is 60.6 cm³/mol. The zero-order chi connectivity index (χ0) is 11.4. The van der Waals surface area contributed by atoms with Gasteiger partial charge in [-0.3, -0.25) is 9.48 Å². The maximum absolute atomic E-state index is 11.8. The van der Waals surface area contributed by atoms with E-state index in [1.54, 1.807) is 4.68 Å². The van der Waals surface area contributed by atoms with E-state index in [2.05, 4.69) is 15.7 Å². The molecule has 1 atom stereocenters. The van der Waals surface area contributed by atoms with E-state index in [1.807, 2.05) is 19.3 Å². The van der Waals surface area contributed by atoms with Gasteiger partial charge in [-0.1, -0.05) is 0 Å². The summed E-state index contributed by atoms with van der Waals surface area (Å²) in [5, 5.41) is 10.4. The maximum atomic E-state index is 11.8. The van der Waals surface area contributed by atoms with Crippen LogP contribution in [0.5, 0.6) is 0 Å². The minimum atomic E-state index is 0.123. The van der Waals surface area contributed by atoms with Gasteiger partial charge in [-0.2, -0.15) is 5.10 Å². The van der Waals surface area contributed by atoms with Gasteiger partial charge < -0.3 is 10.6 Å². The van der Waals surface area contributed by atoms with Gasteiger partial charge in [-0.15, -0.1) is 0 Å². The molecule has 0 unspecified atom stereocenters. The van der Waals surface area contributed by atoms with Gasteiger partial charge in [-0.25, -0.2) is 0 Å². The first kappa shape index (κ1) is 11.1. The number of nitrogens with zero attached hydrogens (tertiary/aromatic N) is 2. The average Bonchev–Trinajstić information content (AvgIpc) is 2.73. The van der Waals surface area contributed by atoms with Crippen molar-refractivity contribution in [3.63, 3.8) is 0 Å². The SMILES string of the molecule is Cn1ccc(CNC(=O)[C@@H]2CCCNC2)n1. The molecule has 0 radical (unpaired) electrons. The lowest BCUT2D eigenvalue weighted by molar-refractivity contribution is -0.125. The molecule has 0 spiro atoms. The smallest absolute Gasteiger partial charge is 0.224 e. The molecule has 5 heteroatoms. The molecule has 0 aromatic carbocycles. The number of rotatable bonds is 3. The van der Waals surface area contributed by atoms with Crippen LogP contribution in [0, 0.1) is 5.92 Å². The van der Waals surface area contributed by atoms with Crippen LogP contribution in [-0.4, -0.2) is 28.8 Å². The normalized spacial score (nSPS) is 20.7. The summed E-state index contributed by atoms with van der Waals surface area (Å²) < 4.78 is 1.74. The largest absolute Gasteiger partial charge is 0.350 e. The highest BCUT2D eigenvalue weighted by molar-refractivity contribution is 5.78. The van der Waals surface area contributed by atoms with Gasteiger partial charge in [0, 0.05) is 19.8 Å². The summed E-state index contributed by atoms with van der Waals surface area (Å²) in [6, 6.07) is 1.92. The van der Waals surface area contributed by atoms with E-state index in [9.17, 15) is 4.79 Å². The van der Waals surface area contributed by atoms with Crippen LogP contribution in [-0.2, 0) is 18.4 Å². The Morgan fingerprint density at radius 1 is 1.75 bits per heavy atom. The Balaban J connectivity index is 1.78. The Bertz CT molecular complexity index is 355. The fourth-order valence-electron chi connectivity index (χ4n) is 1.96. The number of piperidine rings is 1. The summed E-state index contributed by atoms with van der Waals surface area (Å²) >= 11 is 0. The van der Waals surface area contributed by atoms with Crippen molar-refractivity contribution in [3.05, 3.63) is 18.0 Å². The topological polar surface area (TPSA) is 59.0 Å². The minimum Gasteiger partial charge on any atom is -0.350 e. The average molecular weight is 222 g/mol. The minimum absolute atomic E-state index is 0.123. The fraction of sp³-hybridized carbons (Fsp3) is 0.636. The second-order valence-corrected chi connectivity index (χ2v) is 4.24. The van der Waals surface area contributed by atoms with Crippen molar-refractivity contribution in [3.8, 4) is 0 Å². The molecule has 0 bridgehead atoms. The molecule has 88 valence electrons. The molecule has 1 fully saturated rings. The first-order valence-corrected chi connectivity index (χ1v) is 5.72. The summed E-state index contributed by atoms with van der Waals surface area (Å²) in [6.07, 6.45) is 3.95. The van der Waals surface area contributed by atoms with Crippen LogP contribution >= 0.6 is 0 Å². The first-order valence-electron chi connectivity index (χ1n) is 5.72. The van der Waals surface area contributed by atoms with Crippen molar-refractivity contribution in [1.29, 1.82) is 0 Å². The number of hydrogen-bond donors (Lipinski definition) is 2. The first-order chi connectivity index (χ1) is 7.75. The molecule has 5 nitrogen and oxygen atoms in total. The number of aryl methyl sites for hydroxylation is 1. The van der Waals surface area contributed by atoms with Gasteiger partial charge in [0.05, 0.1) is 18.2 Å². The summed E-state index contributed by atoms with van der Waals surface area (Å²) in [4.78, 5) is 11.8. The number of aromatic nitrogens is 2. The standard InChI is InChI=1S/C11H18N4O/c1-15-6-4-10(14-15)8-13-11(16)9-3-2-5-12-7-9/h4,6,9,12H,2-3,5,7-8H2,1H3,(H,13,16)/t9-/m1/s1. The van der Waals surface area contributed by atoms with Crippen molar-refractivity contribution in [2.75, 3.05) is 13.1 Å². The van der Waals surface area contributed by atoms with Crippen molar-refractivity contribution in [2.24, 2.45) is 13.0 Å². The van der Waals surface area contributed by atoms with E-state index in [1.165, 1.54) is 0 Å². The van der Waals surface area contributed by atoms with Crippen LogP contribution in [0.4, 0.5) is 0 Å².